The van der Waals surface area contributed by atoms with E-state index in [2.05, 4.69) is 15.3 Å². The van der Waals surface area contributed by atoms with Crippen LogP contribution in [0.15, 0.2) is 64.5 Å². The molecular weight excluding hydrogens is 392 g/mol. The first-order valence-electron chi connectivity index (χ1n) is 8.73. The lowest BCUT2D eigenvalue weighted by Crippen LogP contribution is -2.19. The normalized spacial score (nSPS) is 10.5. The number of rotatable bonds is 7. The van der Waals surface area contributed by atoms with Gasteiger partial charge in [0.2, 0.25) is 5.91 Å². The number of H-pyrrole nitrogens is 1. The van der Waals surface area contributed by atoms with E-state index in [1.807, 2.05) is 30.3 Å². The molecule has 0 aliphatic carbocycles. The van der Waals surface area contributed by atoms with Crippen molar-refractivity contribution in [3.05, 3.63) is 91.9 Å². The second kappa shape index (κ2) is 9.16. The zero-order chi connectivity index (χ0) is 20.8. The number of hydrogen-bond acceptors (Lipinski definition) is 6. The van der Waals surface area contributed by atoms with Gasteiger partial charge in [0.15, 0.2) is 5.16 Å². The van der Waals surface area contributed by atoms with Crippen molar-refractivity contribution in [2.45, 2.75) is 18.5 Å². The first kappa shape index (κ1) is 20.3. The maximum atomic E-state index is 12.4. The van der Waals surface area contributed by atoms with Crippen LogP contribution in [-0.2, 0) is 11.2 Å². The Balaban J connectivity index is 1.61. The van der Waals surface area contributed by atoms with Crippen molar-refractivity contribution in [3.8, 4) is 0 Å². The van der Waals surface area contributed by atoms with Crippen molar-refractivity contribution < 1.29 is 9.72 Å². The number of nitro benzene ring substituents is 1. The largest absolute Gasteiger partial charge is 0.325 e. The van der Waals surface area contributed by atoms with Crippen LogP contribution in [-0.4, -0.2) is 26.6 Å². The number of nitro groups is 1. The molecule has 1 amide bonds. The molecule has 1 aromatic heterocycles. The van der Waals surface area contributed by atoms with E-state index in [1.165, 1.54) is 24.3 Å². The molecule has 3 rings (SSSR count). The number of nitrogens with one attached hydrogen (secondary N) is 2. The lowest BCUT2D eigenvalue weighted by atomic mass is 10.1. The zero-order valence-electron chi connectivity index (χ0n) is 15.5. The molecule has 0 spiro atoms. The molecule has 0 radical (unpaired) electrons. The Morgan fingerprint density at radius 2 is 1.86 bits per heavy atom. The van der Waals surface area contributed by atoms with E-state index in [1.54, 1.807) is 6.92 Å². The molecule has 0 bridgehead atoms. The quantitative estimate of drug-likeness (QED) is 0.267. The number of amides is 1. The van der Waals surface area contributed by atoms with Crippen molar-refractivity contribution in [2.75, 3.05) is 11.1 Å². The highest BCUT2D eigenvalue weighted by atomic mass is 32.2. The minimum Gasteiger partial charge on any atom is -0.325 e. The molecule has 148 valence electrons. The molecule has 0 unspecified atom stereocenters. The Morgan fingerprint density at radius 3 is 2.48 bits per heavy atom. The van der Waals surface area contributed by atoms with E-state index in [-0.39, 0.29) is 22.9 Å². The van der Waals surface area contributed by atoms with Crippen molar-refractivity contribution in [1.29, 1.82) is 0 Å². The molecule has 3 aromatic rings. The zero-order valence-corrected chi connectivity index (χ0v) is 16.4. The predicted molar refractivity (Wildman–Crippen MR) is 111 cm³/mol. The number of anilines is 1. The maximum absolute atomic E-state index is 12.4. The molecule has 1 heterocycles. The Morgan fingerprint density at radius 1 is 1.17 bits per heavy atom. The summed E-state index contributed by atoms with van der Waals surface area (Å²) in [5, 5.41) is 13.7. The average Bonchev–Trinajstić information content (AvgIpc) is 2.70. The fourth-order valence-corrected chi connectivity index (χ4v) is 3.36. The van der Waals surface area contributed by atoms with Crippen molar-refractivity contribution >= 4 is 29.0 Å². The standard InChI is InChI=1S/C20H18N4O4S/c1-13-17(11-14-5-3-2-4-6-14)19(26)23-20(21-13)29-12-18(25)22-15-7-9-16(10-8-15)24(27)28/h2-10H,11-12H2,1H3,(H,22,25)(H,21,23,26). The van der Waals surface area contributed by atoms with Gasteiger partial charge >= 0.3 is 0 Å². The van der Waals surface area contributed by atoms with Crippen LogP contribution in [0.1, 0.15) is 16.8 Å². The highest BCUT2D eigenvalue weighted by Crippen LogP contribution is 2.17. The van der Waals surface area contributed by atoms with Crippen molar-refractivity contribution in [3.63, 3.8) is 0 Å². The van der Waals surface area contributed by atoms with Crippen molar-refractivity contribution in [1.82, 2.24) is 9.97 Å². The molecule has 0 saturated carbocycles. The number of hydrogen-bond donors (Lipinski definition) is 2. The lowest BCUT2D eigenvalue weighted by molar-refractivity contribution is -0.384. The number of benzene rings is 2. The number of thioether (sulfide) groups is 1. The highest BCUT2D eigenvalue weighted by molar-refractivity contribution is 7.99. The van der Waals surface area contributed by atoms with E-state index in [0.29, 0.717) is 28.5 Å². The number of aryl methyl sites for hydroxylation is 1. The van der Waals surface area contributed by atoms with Crippen LogP contribution >= 0.6 is 11.8 Å². The van der Waals surface area contributed by atoms with E-state index in [4.69, 9.17) is 0 Å². The maximum Gasteiger partial charge on any atom is 0.269 e. The van der Waals surface area contributed by atoms with Gasteiger partial charge in [-0.1, -0.05) is 42.1 Å². The van der Waals surface area contributed by atoms with Crippen LogP contribution in [0.25, 0.3) is 0 Å². The fourth-order valence-electron chi connectivity index (χ4n) is 2.66. The summed E-state index contributed by atoms with van der Waals surface area (Å²) in [5.41, 5.74) is 2.42. The number of carbonyl (C=O) groups is 1. The first-order chi connectivity index (χ1) is 13.9. The van der Waals surface area contributed by atoms with Gasteiger partial charge in [0, 0.05) is 35.5 Å². The smallest absolute Gasteiger partial charge is 0.269 e. The van der Waals surface area contributed by atoms with Gasteiger partial charge in [-0.25, -0.2) is 4.98 Å². The van der Waals surface area contributed by atoms with E-state index in [0.717, 1.165) is 17.3 Å². The van der Waals surface area contributed by atoms with Crippen LogP contribution < -0.4 is 10.9 Å². The van der Waals surface area contributed by atoms with Gasteiger partial charge in [-0.3, -0.25) is 19.7 Å². The number of nitrogens with zero attached hydrogens (tertiary/aromatic N) is 2. The molecule has 0 fully saturated rings. The molecular formula is C20H18N4O4S. The van der Waals surface area contributed by atoms with Crippen LogP contribution in [0, 0.1) is 17.0 Å². The molecule has 2 N–H and O–H groups in total. The lowest BCUT2D eigenvalue weighted by Gasteiger charge is -2.08. The molecule has 9 heteroatoms. The van der Waals surface area contributed by atoms with Gasteiger partial charge < -0.3 is 10.3 Å². The van der Waals surface area contributed by atoms with E-state index >= 15 is 0 Å². The predicted octanol–water partition coefficient (Wildman–Crippen LogP) is 3.31. The minimum absolute atomic E-state index is 0.0391. The summed E-state index contributed by atoms with van der Waals surface area (Å²) in [6.45, 7) is 1.77. The van der Waals surface area contributed by atoms with Gasteiger partial charge in [-0.05, 0) is 24.6 Å². The summed E-state index contributed by atoms with van der Waals surface area (Å²) in [4.78, 5) is 41.8. The molecule has 8 nitrogen and oxygen atoms in total. The van der Waals surface area contributed by atoms with Crippen molar-refractivity contribution in [2.24, 2.45) is 0 Å². The summed E-state index contributed by atoms with van der Waals surface area (Å²) in [6, 6.07) is 15.2. The van der Waals surface area contributed by atoms with Crippen LogP contribution in [0.3, 0.4) is 0 Å². The number of aromatic nitrogens is 2. The summed E-state index contributed by atoms with van der Waals surface area (Å²) >= 11 is 1.11. The fraction of sp³-hybridized carbons (Fsp3) is 0.150. The summed E-state index contributed by atoms with van der Waals surface area (Å²) in [7, 11) is 0. The Kier molecular flexibility index (Phi) is 6.40. The Bertz CT molecular complexity index is 1080. The minimum atomic E-state index is -0.507. The Hall–Kier alpha value is -3.46. The van der Waals surface area contributed by atoms with Crippen LogP contribution in [0.4, 0.5) is 11.4 Å². The third-order valence-corrected chi connectivity index (χ3v) is 5.00. The topological polar surface area (TPSA) is 118 Å². The number of non-ortho nitro benzene ring substituents is 1. The van der Waals surface area contributed by atoms with Gasteiger partial charge in [-0.2, -0.15) is 0 Å². The molecule has 2 aromatic carbocycles. The van der Waals surface area contributed by atoms with Crippen LogP contribution in [0.2, 0.25) is 0 Å². The first-order valence-corrected chi connectivity index (χ1v) is 9.72. The third kappa shape index (κ3) is 5.52. The summed E-state index contributed by atoms with van der Waals surface area (Å²) in [6.07, 6.45) is 0.487. The van der Waals surface area contributed by atoms with Gasteiger partial charge in [0.05, 0.1) is 10.7 Å². The second-order valence-electron chi connectivity index (χ2n) is 6.24. The Labute approximate surface area is 170 Å². The molecule has 29 heavy (non-hydrogen) atoms. The monoisotopic (exact) mass is 410 g/mol. The molecule has 0 saturated heterocycles. The summed E-state index contributed by atoms with van der Waals surface area (Å²) < 4.78 is 0. The second-order valence-corrected chi connectivity index (χ2v) is 7.20. The van der Waals surface area contributed by atoms with Gasteiger partial charge in [-0.15, -0.1) is 0 Å². The van der Waals surface area contributed by atoms with E-state index in [9.17, 15) is 19.7 Å². The molecule has 0 atom stereocenters. The van der Waals surface area contributed by atoms with Crippen LogP contribution in [0.5, 0.6) is 0 Å². The average molecular weight is 410 g/mol. The third-order valence-electron chi connectivity index (χ3n) is 4.13. The number of aromatic amines is 1. The molecule has 0 aliphatic heterocycles. The summed E-state index contributed by atoms with van der Waals surface area (Å²) in [5.74, 6) is -0.269. The van der Waals surface area contributed by atoms with E-state index < -0.39 is 4.92 Å². The van der Waals surface area contributed by atoms with Gasteiger partial charge in [0.1, 0.15) is 0 Å². The number of carbonyl (C=O) groups excluding carboxylic acids is 1. The van der Waals surface area contributed by atoms with Gasteiger partial charge in [0.25, 0.3) is 11.2 Å². The molecule has 0 aliphatic rings. The SMILES string of the molecule is Cc1nc(SCC(=O)Nc2ccc([N+](=O)[O-])cc2)[nH]c(=O)c1Cc1ccccc1. The highest BCUT2D eigenvalue weighted by Gasteiger charge is 2.12.